The van der Waals surface area contributed by atoms with Crippen LogP contribution in [-0.4, -0.2) is 53.0 Å². The number of hydrogen-bond donors (Lipinski definition) is 1. The summed E-state index contributed by atoms with van der Waals surface area (Å²) in [4.78, 5) is 34.8. The van der Waals surface area contributed by atoms with Gasteiger partial charge in [-0.25, -0.2) is 4.98 Å². The summed E-state index contributed by atoms with van der Waals surface area (Å²) < 4.78 is 0. The predicted molar refractivity (Wildman–Crippen MR) is 119 cm³/mol. The van der Waals surface area contributed by atoms with Gasteiger partial charge in [0, 0.05) is 38.1 Å². The normalized spacial score (nSPS) is 13.9. The van der Waals surface area contributed by atoms with Gasteiger partial charge < -0.3 is 15.1 Å². The Labute approximate surface area is 180 Å². The minimum absolute atomic E-state index is 0.225. The summed E-state index contributed by atoms with van der Waals surface area (Å²) in [7, 11) is 3.80. The first-order valence-corrected chi connectivity index (χ1v) is 10.9. The summed E-state index contributed by atoms with van der Waals surface area (Å²) >= 11 is 1.33. The van der Waals surface area contributed by atoms with E-state index in [1.54, 1.807) is 0 Å². The highest BCUT2D eigenvalue weighted by Gasteiger charge is 2.18. The van der Waals surface area contributed by atoms with Crippen molar-refractivity contribution in [1.29, 1.82) is 0 Å². The number of benzene rings is 1. The van der Waals surface area contributed by atoms with Crippen LogP contribution in [0.1, 0.15) is 34.9 Å². The minimum Gasteiger partial charge on any atom is -0.347 e. The average Bonchev–Trinajstić information content (AvgIpc) is 3.29. The SMILES string of the molecule is CN(C)c1nc(CNC(=O)c2nc(-c3ccccc3)cs2)nc(N2CCCCC2)n1. The number of nitrogens with one attached hydrogen (secondary N) is 1. The van der Waals surface area contributed by atoms with Crippen molar-refractivity contribution in [3.63, 3.8) is 0 Å². The molecule has 3 heterocycles. The molecule has 156 valence electrons. The first-order valence-electron chi connectivity index (χ1n) is 10.1. The third kappa shape index (κ3) is 4.73. The molecule has 0 unspecified atom stereocenters. The zero-order chi connectivity index (χ0) is 20.9. The number of carbonyl (C=O) groups is 1. The predicted octanol–water partition coefficient (Wildman–Crippen LogP) is 2.98. The molecule has 1 amide bonds. The largest absolute Gasteiger partial charge is 0.347 e. The van der Waals surface area contributed by atoms with Gasteiger partial charge >= 0.3 is 0 Å². The second-order valence-electron chi connectivity index (χ2n) is 7.38. The van der Waals surface area contributed by atoms with Crippen molar-refractivity contribution < 1.29 is 4.79 Å². The van der Waals surface area contributed by atoms with Crippen LogP contribution in [-0.2, 0) is 6.54 Å². The zero-order valence-corrected chi connectivity index (χ0v) is 18.0. The van der Waals surface area contributed by atoms with Gasteiger partial charge in [-0.1, -0.05) is 30.3 Å². The molecule has 9 heteroatoms. The molecule has 1 N–H and O–H groups in total. The molecule has 8 nitrogen and oxygen atoms in total. The number of hydrogen-bond acceptors (Lipinski definition) is 8. The fourth-order valence-corrected chi connectivity index (χ4v) is 4.01. The highest BCUT2D eigenvalue weighted by Crippen LogP contribution is 2.22. The Morgan fingerprint density at radius 1 is 1.07 bits per heavy atom. The van der Waals surface area contributed by atoms with Crippen LogP contribution >= 0.6 is 11.3 Å². The smallest absolute Gasteiger partial charge is 0.280 e. The lowest BCUT2D eigenvalue weighted by Crippen LogP contribution is -2.32. The monoisotopic (exact) mass is 423 g/mol. The van der Waals surface area contributed by atoms with Gasteiger partial charge in [-0.15, -0.1) is 11.3 Å². The maximum Gasteiger partial charge on any atom is 0.280 e. The number of anilines is 2. The van der Waals surface area contributed by atoms with Crippen LogP contribution in [0.2, 0.25) is 0 Å². The van der Waals surface area contributed by atoms with Crippen LogP contribution in [0.4, 0.5) is 11.9 Å². The van der Waals surface area contributed by atoms with Gasteiger partial charge in [0.15, 0.2) is 10.8 Å². The van der Waals surface area contributed by atoms with Crippen LogP contribution < -0.4 is 15.1 Å². The first kappa shape index (κ1) is 20.2. The number of aromatic nitrogens is 4. The Kier molecular flexibility index (Phi) is 6.18. The molecule has 0 spiro atoms. The molecule has 0 radical (unpaired) electrons. The van der Waals surface area contributed by atoms with Gasteiger partial charge in [-0.05, 0) is 19.3 Å². The lowest BCUT2D eigenvalue weighted by Gasteiger charge is -2.27. The molecule has 0 aliphatic carbocycles. The van der Waals surface area contributed by atoms with Gasteiger partial charge in [0.2, 0.25) is 11.9 Å². The van der Waals surface area contributed by atoms with Crippen molar-refractivity contribution in [2.24, 2.45) is 0 Å². The summed E-state index contributed by atoms with van der Waals surface area (Å²) in [5.74, 6) is 1.59. The molecule has 1 saturated heterocycles. The van der Waals surface area contributed by atoms with Crippen LogP contribution in [0.15, 0.2) is 35.7 Å². The summed E-state index contributed by atoms with van der Waals surface area (Å²) in [6.45, 7) is 2.12. The quantitative estimate of drug-likeness (QED) is 0.652. The molecule has 4 rings (SSSR count). The number of nitrogens with zero attached hydrogens (tertiary/aromatic N) is 6. The third-order valence-corrected chi connectivity index (χ3v) is 5.71. The Morgan fingerprint density at radius 3 is 2.57 bits per heavy atom. The lowest BCUT2D eigenvalue weighted by molar-refractivity contribution is 0.0949. The maximum atomic E-state index is 12.6. The second-order valence-corrected chi connectivity index (χ2v) is 8.24. The van der Waals surface area contributed by atoms with Crippen LogP contribution in [0.3, 0.4) is 0 Å². The minimum atomic E-state index is -0.228. The molecule has 0 saturated carbocycles. The number of piperidine rings is 1. The molecular weight excluding hydrogens is 398 g/mol. The van der Waals surface area contributed by atoms with Crippen LogP contribution in [0.25, 0.3) is 11.3 Å². The summed E-state index contributed by atoms with van der Waals surface area (Å²) in [6.07, 6.45) is 3.52. The van der Waals surface area contributed by atoms with Crippen molar-refractivity contribution in [2.45, 2.75) is 25.8 Å². The van der Waals surface area contributed by atoms with E-state index in [0.717, 1.165) is 37.2 Å². The van der Waals surface area contributed by atoms with Crippen LogP contribution in [0.5, 0.6) is 0 Å². The summed E-state index contributed by atoms with van der Waals surface area (Å²) in [6, 6.07) is 9.83. The van der Waals surface area contributed by atoms with Gasteiger partial charge in [-0.2, -0.15) is 15.0 Å². The van der Waals surface area contributed by atoms with E-state index < -0.39 is 0 Å². The number of amides is 1. The lowest BCUT2D eigenvalue weighted by atomic mass is 10.1. The van der Waals surface area contributed by atoms with E-state index >= 15 is 0 Å². The zero-order valence-electron chi connectivity index (χ0n) is 17.2. The fourth-order valence-electron chi connectivity index (χ4n) is 3.26. The van der Waals surface area contributed by atoms with E-state index in [9.17, 15) is 4.79 Å². The molecule has 2 aromatic heterocycles. The van der Waals surface area contributed by atoms with E-state index in [-0.39, 0.29) is 12.5 Å². The topological polar surface area (TPSA) is 87.1 Å². The van der Waals surface area contributed by atoms with Gasteiger partial charge in [0.05, 0.1) is 12.2 Å². The van der Waals surface area contributed by atoms with Gasteiger partial charge in [-0.3, -0.25) is 4.79 Å². The molecular formula is C21H25N7OS. The van der Waals surface area contributed by atoms with Crippen LogP contribution in [0, 0.1) is 0 Å². The number of rotatable bonds is 6. The van der Waals surface area contributed by atoms with E-state index in [4.69, 9.17) is 0 Å². The van der Waals surface area contributed by atoms with Gasteiger partial charge in [0.25, 0.3) is 5.91 Å². The van der Waals surface area contributed by atoms with Gasteiger partial charge in [0.1, 0.15) is 0 Å². The van der Waals surface area contributed by atoms with E-state index in [1.165, 1.54) is 17.8 Å². The summed E-state index contributed by atoms with van der Waals surface area (Å²) in [5, 5.41) is 5.21. The number of carbonyl (C=O) groups excluding carboxylic acids is 1. The molecule has 1 fully saturated rings. The Balaban J connectivity index is 1.47. The molecule has 1 aliphatic heterocycles. The van der Waals surface area contributed by atoms with E-state index in [0.29, 0.717) is 22.7 Å². The Bertz CT molecular complexity index is 1000. The molecule has 30 heavy (non-hydrogen) atoms. The highest BCUT2D eigenvalue weighted by molar-refractivity contribution is 7.12. The standard InChI is InChI=1S/C21H25N7OS/c1-27(2)20-24-17(25-21(26-20)28-11-7-4-8-12-28)13-22-18(29)19-23-16(14-30-19)15-9-5-3-6-10-15/h3,5-6,9-10,14H,4,7-8,11-13H2,1-2H3,(H,22,29). The Morgan fingerprint density at radius 2 is 1.83 bits per heavy atom. The van der Waals surface area contributed by atoms with E-state index in [2.05, 4.69) is 30.2 Å². The van der Waals surface area contributed by atoms with Crippen molar-refractivity contribution in [2.75, 3.05) is 37.0 Å². The van der Waals surface area contributed by atoms with Crippen molar-refractivity contribution in [3.8, 4) is 11.3 Å². The molecule has 1 aromatic carbocycles. The van der Waals surface area contributed by atoms with Crippen molar-refractivity contribution in [3.05, 3.63) is 46.5 Å². The third-order valence-electron chi connectivity index (χ3n) is 4.87. The number of thiazole rings is 1. The maximum absolute atomic E-state index is 12.6. The molecule has 3 aromatic rings. The second kappa shape index (κ2) is 9.17. The first-order chi connectivity index (χ1) is 14.6. The summed E-state index contributed by atoms with van der Waals surface area (Å²) in [5.41, 5.74) is 1.79. The highest BCUT2D eigenvalue weighted by atomic mass is 32.1. The van der Waals surface area contributed by atoms with Crippen molar-refractivity contribution >= 4 is 29.1 Å². The molecule has 1 aliphatic rings. The van der Waals surface area contributed by atoms with E-state index in [1.807, 2.05) is 54.7 Å². The fraction of sp³-hybridized carbons (Fsp3) is 0.381. The Hall–Kier alpha value is -3.07. The molecule has 0 bridgehead atoms. The average molecular weight is 424 g/mol. The molecule has 0 atom stereocenters. The van der Waals surface area contributed by atoms with Crippen molar-refractivity contribution in [1.82, 2.24) is 25.3 Å².